The Kier molecular flexibility index (Phi) is 5.78. The molecule has 0 spiro atoms. The molecule has 0 aliphatic carbocycles. The quantitative estimate of drug-likeness (QED) is 0.856. The summed E-state index contributed by atoms with van der Waals surface area (Å²) < 4.78 is 5.64. The van der Waals surface area contributed by atoms with Crippen molar-refractivity contribution in [3.05, 3.63) is 52.1 Å². The SMILES string of the molecule is CNC[C@H]1CCN(C(=O)c2ccc(Oc3cccc(Cl)c3Cl)nc2)C1. The van der Waals surface area contributed by atoms with E-state index in [-0.39, 0.29) is 5.91 Å². The molecule has 1 amide bonds. The monoisotopic (exact) mass is 379 g/mol. The number of carbonyl (C=O) groups excluding carboxylic acids is 1. The topological polar surface area (TPSA) is 54.5 Å². The van der Waals surface area contributed by atoms with E-state index >= 15 is 0 Å². The highest BCUT2D eigenvalue weighted by Crippen LogP contribution is 2.34. The van der Waals surface area contributed by atoms with E-state index < -0.39 is 0 Å². The van der Waals surface area contributed by atoms with Crippen LogP contribution in [0.1, 0.15) is 16.8 Å². The van der Waals surface area contributed by atoms with Crippen LogP contribution in [0.2, 0.25) is 10.0 Å². The van der Waals surface area contributed by atoms with Crippen LogP contribution in [0.15, 0.2) is 36.5 Å². The number of aromatic nitrogens is 1. The van der Waals surface area contributed by atoms with Crippen LogP contribution in [0.4, 0.5) is 0 Å². The summed E-state index contributed by atoms with van der Waals surface area (Å²) in [5.74, 6) is 1.29. The standard InChI is InChI=1S/C18H19Cl2N3O2/c1-21-9-12-7-8-23(11-12)18(24)13-5-6-16(22-10-13)25-15-4-2-3-14(19)17(15)20/h2-6,10,12,21H,7-9,11H2,1H3/t12-/m1/s1. The number of likely N-dealkylation sites (tertiary alicyclic amines) is 1. The highest BCUT2D eigenvalue weighted by molar-refractivity contribution is 6.42. The number of rotatable bonds is 5. The Bertz CT molecular complexity index is 752. The van der Waals surface area contributed by atoms with Crippen molar-refractivity contribution in [1.82, 2.24) is 15.2 Å². The summed E-state index contributed by atoms with van der Waals surface area (Å²) in [6.07, 6.45) is 2.55. The number of nitrogens with one attached hydrogen (secondary N) is 1. The van der Waals surface area contributed by atoms with E-state index in [1.54, 1.807) is 30.3 Å². The highest BCUT2D eigenvalue weighted by Gasteiger charge is 2.26. The van der Waals surface area contributed by atoms with Crippen molar-refractivity contribution in [1.29, 1.82) is 0 Å². The summed E-state index contributed by atoms with van der Waals surface area (Å²) in [4.78, 5) is 18.6. The molecular formula is C18H19Cl2N3O2. The minimum atomic E-state index is -0.00144. The Morgan fingerprint density at radius 2 is 2.20 bits per heavy atom. The molecule has 1 aliphatic heterocycles. The molecule has 0 saturated carbocycles. The van der Waals surface area contributed by atoms with E-state index in [0.717, 1.165) is 26.1 Å². The van der Waals surface area contributed by atoms with E-state index in [2.05, 4.69) is 10.3 Å². The smallest absolute Gasteiger partial charge is 0.255 e. The van der Waals surface area contributed by atoms with Crippen molar-refractivity contribution in [2.75, 3.05) is 26.7 Å². The van der Waals surface area contributed by atoms with Gasteiger partial charge in [0.05, 0.1) is 10.6 Å². The fourth-order valence-electron chi connectivity index (χ4n) is 2.90. The van der Waals surface area contributed by atoms with Crippen LogP contribution in [0.5, 0.6) is 11.6 Å². The van der Waals surface area contributed by atoms with Gasteiger partial charge in [-0.25, -0.2) is 4.98 Å². The normalized spacial score (nSPS) is 16.9. The second kappa shape index (κ2) is 8.04. The van der Waals surface area contributed by atoms with E-state index in [1.807, 2.05) is 11.9 Å². The lowest BCUT2D eigenvalue weighted by Gasteiger charge is -2.16. The summed E-state index contributed by atoms with van der Waals surface area (Å²) >= 11 is 12.1. The molecule has 1 fully saturated rings. The molecule has 0 radical (unpaired) electrons. The zero-order valence-electron chi connectivity index (χ0n) is 13.8. The van der Waals surface area contributed by atoms with Crippen molar-refractivity contribution >= 4 is 29.1 Å². The van der Waals surface area contributed by atoms with Crippen LogP contribution in [-0.2, 0) is 0 Å². The molecule has 0 unspecified atom stereocenters. The highest BCUT2D eigenvalue weighted by atomic mass is 35.5. The first-order valence-corrected chi connectivity index (χ1v) is 8.86. The molecule has 1 aromatic carbocycles. The molecule has 3 rings (SSSR count). The number of amides is 1. The molecule has 2 heterocycles. The maximum atomic E-state index is 12.6. The van der Waals surface area contributed by atoms with E-state index in [0.29, 0.717) is 33.2 Å². The summed E-state index contributed by atoms with van der Waals surface area (Å²) in [6.45, 7) is 2.48. The second-order valence-corrected chi connectivity index (χ2v) is 6.79. The third-order valence-electron chi connectivity index (χ3n) is 4.18. The molecule has 25 heavy (non-hydrogen) atoms. The predicted octanol–water partition coefficient (Wildman–Crippen LogP) is 3.86. The van der Waals surface area contributed by atoms with Crippen LogP contribution in [0.3, 0.4) is 0 Å². The number of halogens is 2. The molecule has 5 nitrogen and oxygen atoms in total. The first-order chi connectivity index (χ1) is 12.1. The number of pyridine rings is 1. The lowest BCUT2D eigenvalue weighted by Crippen LogP contribution is -2.30. The van der Waals surface area contributed by atoms with Crippen LogP contribution in [0, 0.1) is 5.92 Å². The summed E-state index contributed by atoms with van der Waals surface area (Å²) in [5.41, 5.74) is 0.551. The van der Waals surface area contributed by atoms with Gasteiger partial charge in [0, 0.05) is 25.4 Å². The van der Waals surface area contributed by atoms with Crippen molar-refractivity contribution < 1.29 is 9.53 Å². The fraction of sp³-hybridized carbons (Fsp3) is 0.333. The summed E-state index contributed by atoms with van der Waals surface area (Å²) in [7, 11) is 1.93. The number of hydrogen-bond acceptors (Lipinski definition) is 4. The number of hydrogen-bond donors (Lipinski definition) is 1. The fourth-order valence-corrected chi connectivity index (χ4v) is 3.23. The second-order valence-electron chi connectivity index (χ2n) is 6.00. The van der Waals surface area contributed by atoms with Gasteiger partial charge < -0.3 is 15.0 Å². The molecule has 1 saturated heterocycles. The lowest BCUT2D eigenvalue weighted by atomic mass is 10.1. The number of carbonyl (C=O) groups is 1. The zero-order valence-corrected chi connectivity index (χ0v) is 15.3. The van der Waals surface area contributed by atoms with Gasteiger partial charge in [-0.3, -0.25) is 4.79 Å². The van der Waals surface area contributed by atoms with Crippen molar-refractivity contribution in [3.8, 4) is 11.6 Å². The van der Waals surface area contributed by atoms with Crippen molar-refractivity contribution in [3.63, 3.8) is 0 Å². The molecule has 7 heteroatoms. The first-order valence-electron chi connectivity index (χ1n) is 8.10. The third-order valence-corrected chi connectivity index (χ3v) is 4.98. The predicted molar refractivity (Wildman–Crippen MR) is 98.7 cm³/mol. The van der Waals surface area contributed by atoms with Crippen LogP contribution >= 0.6 is 23.2 Å². The minimum absolute atomic E-state index is 0.00144. The number of benzene rings is 1. The molecule has 1 aliphatic rings. The largest absolute Gasteiger partial charge is 0.437 e. The lowest BCUT2D eigenvalue weighted by molar-refractivity contribution is 0.0786. The molecule has 1 aromatic heterocycles. The van der Waals surface area contributed by atoms with Gasteiger partial charge in [-0.05, 0) is 44.1 Å². The maximum absolute atomic E-state index is 12.6. The number of nitrogens with zero attached hydrogens (tertiary/aromatic N) is 2. The molecule has 132 valence electrons. The molecule has 0 bridgehead atoms. The first kappa shape index (κ1) is 18.0. The van der Waals surface area contributed by atoms with Gasteiger partial charge in [-0.1, -0.05) is 29.3 Å². The minimum Gasteiger partial charge on any atom is -0.437 e. The molecule has 1 N–H and O–H groups in total. The van der Waals surface area contributed by atoms with Crippen molar-refractivity contribution in [2.45, 2.75) is 6.42 Å². The van der Waals surface area contributed by atoms with Gasteiger partial charge >= 0.3 is 0 Å². The zero-order chi connectivity index (χ0) is 17.8. The van der Waals surface area contributed by atoms with E-state index in [4.69, 9.17) is 27.9 Å². The van der Waals surface area contributed by atoms with Gasteiger partial charge in [-0.15, -0.1) is 0 Å². The third kappa shape index (κ3) is 4.24. The number of ether oxygens (including phenoxy) is 1. The van der Waals surface area contributed by atoms with Gasteiger partial charge in [0.25, 0.3) is 5.91 Å². The van der Waals surface area contributed by atoms with E-state index in [9.17, 15) is 4.79 Å². The summed E-state index contributed by atoms with van der Waals surface area (Å²) in [6, 6.07) is 8.51. The van der Waals surface area contributed by atoms with Crippen LogP contribution in [0.25, 0.3) is 0 Å². The average Bonchev–Trinajstić information content (AvgIpc) is 3.08. The van der Waals surface area contributed by atoms with E-state index in [1.165, 1.54) is 6.20 Å². The van der Waals surface area contributed by atoms with Crippen molar-refractivity contribution in [2.24, 2.45) is 5.92 Å². The maximum Gasteiger partial charge on any atom is 0.255 e. The van der Waals surface area contributed by atoms with Crippen LogP contribution < -0.4 is 10.1 Å². The van der Waals surface area contributed by atoms with Crippen LogP contribution in [-0.4, -0.2) is 42.5 Å². The Balaban J connectivity index is 1.66. The Morgan fingerprint density at radius 3 is 2.92 bits per heavy atom. The summed E-state index contributed by atoms with van der Waals surface area (Å²) in [5, 5.41) is 3.91. The Hall–Kier alpha value is -1.82. The molecule has 1 atom stereocenters. The van der Waals surface area contributed by atoms with Gasteiger partial charge in [0.1, 0.15) is 10.8 Å². The average molecular weight is 380 g/mol. The molecular weight excluding hydrogens is 361 g/mol. The van der Waals surface area contributed by atoms with Gasteiger partial charge in [0.2, 0.25) is 5.88 Å². The Morgan fingerprint density at radius 1 is 1.36 bits per heavy atom. The Labute approximate surface area is 156 Å². The molecule has 2 aromatic rings. The van der Waals surface area contributed by atoms with Gasteiger partial charge in [-0.2, -0.15) is 0 Å². The van der Waals surface area contributed by atoms with Gasteiger partial charge in [0.15, 0.2) is 0 Å².